The fraction of sp³-hybridized carbons (Fsp3) is 0.0612. The molecule has 10 rings (SSSR count). The minimum Gasteiger partial charge on any atom is -0.455 e. The lowest BCUT2D eigenvalue weighted by Crippen LogP contribution is -2.16. The van der Waals surface area contributed by atoms with Crippen LogP contribution in [0.3, 0.4) is 0 Å². The van der Waals surface area contributed by atoms with E-state index in [1.54, 1.807) is 0 Å². The van der Waals surface area contributed by atoms with Gasteiger partial charge in [0.05, 0.1) is 11.1 Å². The number of furan rings is 1. The molecule has 1 heterocycles. The molecule has 1 aromatic heterocycles. The number of anilines is 3. The third-order valence-electron chi connectivity index (χ3n) is 10.9. The highest BCUT2D eigenvalue weighted by Gasteiger charge is 2.36. The maximum atomic E-state index is 6.89. The summed E-state index contributed by atoms with van der Waals surface area (Å²) >= 11 is 0. The Kier molecular flexibility index (Phi) is 6.56. The fourth-order valence-corrected chi connectivity index (χ4v) is 8.37. The number of hydrogen-bond donors (Lipinski definition) is 0. The van der Waals surface area contributed by atoms with Crippen LogP contribution in [0.5, 0.6) is 0 Å². The van der Waals surface area contributed by atoms with E-state index in [1.807, 2.05) is 0 Å². The number of rotatable bonds is 5. The minimum atomic E-state index is -0.129. The molecule has 1 aliphatic carbocycles. The molecule has 0 saturated carbocycles. The summed E-state index contributed by atoms with van der Waals surface area (Å²) in [5.74, 6) is 0. The van der Waals surface area contributed by atoms with Crippen molar-refractivity contribution in [2.75, 3.05) is 4.90 Å². The molecule has 0 spiro atoms. The van der Waals surface area contributed by atoms with Crippen LogP contribution in [0.4, 0.5) is 17.1 Å². The quantitative estimate of drug-likeness (QED) is 0.184. The third kappa shape index (κ3) is 4.57. The highest BCUT2D eigenvalue weighted by molar-refractivity contribution is 6.24. The zero-order valence-electron chi connectivity index (χ0n) is 28.6. The summed E-state index contributed by atoms with van der Waals surface area (Å²) in [5, 5.41) is 4.48. The number of fused-ring (bicyclic) bond motifs is 8. The molecular formula is C49H35NO. The second kappa shape index (κ2) is 11.3. The van der Waals surface area contributed by atoms with Gasteiger partial charge in [-0.25, -0.2) is 0 Å². The van der Waals surface area contributed by atoms with E-state index in [1.165, 1.54) is 44.5 Å². The summed E-state index contributed by atoms with van der Waals surface area (Å²) in [5.41, 5.74) is 15.0. The van der Waals surface area contributed by atoms with E-state index in [-0.39, 0.29) is 5.41 Å². The summed E-state index contributed by atoms with van der Waals surface area (Å²) in [6, 6.07) is 63.5. The molecule has 2 heteroatoms. The molecular weight excluding hydrogens is 619 g/mol. The highest BCUT2D eigenvalue weighted by atomic mass is 16.3. The topological polar surface area (TPSA) is 16.4 Å². The first kappa shape index (κ1) is 29.5. The predicted molar refractivity (Wildman–Crippen MR) is 214 cm³/mol. The van der Waals surface area contributed by atoms with Crippen LogP contribution in [0.15, 0.2) is 180 Å². The van der Waals surface area contributed by atoms with Gasteiger partial charge < -0.3 is 9.32 Å². The first-order valence-corrected chi connectivity index (χ1v) is 17.7. The summed E-state index contributed by atoms with van der Waals surface area (Å²) < 4.78 is 6.89. The molecule has 2 nitrogen and oxygen atoms in total. The lowest BCUT2D eigenvalue weighted by atomic mass is 9.82. The first-order valence-electron chi connectivity index (χ1n) is 17.7. The molecule has 0 N–H and O–H groups in total. The summed E-state index contributed by atoms with van der Waals surface area (Å²) in [6.45, 7) is 4.70. The molecule has 0 atom stereocenters. The van der Waals surface area contributed by atoms with Crippen molar-refractivity contribution >= 4 is 49.8 Å². The molecule has 0 radical (unpaired) electrons. The van der Waals surface area contributed by atoms with Gasteiger partial charge in [0.2, 0.25) is 0 Å². The Morgan fingerprint density at radius 3 is 1.88 bits per heavy atom. The van der Waals surface area contributed by atoms with E-state index in [4.69, 9.17) is 4.42 Å². The predicted octanol–water partition coefficient (Wildman–Crippen LogP) is 13.8. The Morgan fingerprint density at radius 2 is 1.08 bits per heavy atom. The molecule has 1 aliphatic rings. The lowest BCUT2D eigenvalue weighted by molar-refractivity contribution is 0.660. The van der Waals surface area contributed by atoms with Crippen molar-refractivity contribution in [3.63, 3.8) is 0 Å². The van der Waals surface area contributed by atoms with Crippen molar-refractivity contribution in [1.82, 2.24) is 0 Å². The van der Waals surface area contributed by atoms with Crippen molar-refractivity contribution in [3.8, 4) is 33.4 Å². The minimum absolute atomic E-state index is 0.129. The number of nitrogens with zero attached hydrogens (tertiary/aromatic N) is 1. The molecule has 0 amide bonds. The number of hydrogen-bond acceptors (Lipinski definition) is 2. The summed E-state index contributed by atoms with van der Waals surface area (Å²) in [6.07, 6.45) is 0. The monoisotopic (exact) mass is 653 g/mol. The van der Waals surface area contributed by atoms with Crippen LogP contribution in [-0.4, -0.2) is 0 Å². The first-order chi connectivity index (χ1) is 25.1. The van der Waals surface area contributed by atoms with E-state index in [9.17, 15) is 0 Å². The van der Waals surface area contributed by atoms with Gasteiger partial charge in [0, 0.05) is 27.6 Å². The van der Waals surface area contributed by atoms with Gasteiger partial charge in [-0.15, -0.1) is 0 Å². The van der Waals surface area contributed by atoms with Gasteiger partial charge in [0.1, 0.15) is 11.2 Å². The van der Waals surface area contributed by atoms with Crippen LogP contribution >= 0.6 is 0 Å². The third-order valence-corrected chi connectivity index (χ3v) is 10.9. The van der Waals surface area contributed by atoms with Crippen LogP contribution in [0.2, 0.25) is 0 Å². The Labute approximate surface area is 297 Å². The average molecular weight is 654 g/mol. The van der Waals surface area contributed by atoms with Gasteiger partial charge in [0.15, 0.2) is 0 Å². The van der Waals surface area contributed by atoms with Crippen molar-refractivity contribution in [2.24, 2.45) is 0 Å². The van der Waals surface area contributed by atoms with Gasteiger partial charge in [-0.1, -0.05) is 153 Å². The SMILES string of the molecule is CC1(C)c2ccccc2-c2ccc(N(c3ccc(-c4ccccc4)cc3)c3cc4cccc(-c5ccccc5)c4c4oc5ccccc5c34)cc21. The largest absolute Gasteiger partial charge is 0.455 e. The van der Waals surface area contributed by atoms with Gasteiger partial charge >= 0.3 is 0 Å². The molecule has 0 aliphatic heterocycles. The van der Waals surface area contributed by atoms with Crippen molar-refractivity contribution in [2.45, 2.75) is 19.3 Å². The average Bonchev–Trinajstić information content (AvgIpc) is 3.68. The molecule has 0 bridgehead atoms. The van der Waals surface area contributed by atoms with Crippen LogP contribution in [-0.2, 0) is 5.41 Å². The van der Waals surface area contributed by atoms with Gasteiger partial charge in [-0.2, -0.15) is 0 Å². The number of benzene rings is 8. The van der Waals surface area contributed by atoms with E-state index in [0.717, 1.165) is 49.8 Å². The van der Waals surface area contributed by atoms with Gasteiger partial charge in [-0.05, 0) is 86.3 Å². The molecule has 0 fully saturated rings. The van der Waals surface area contributed by atoms with Crippen molar-refractivity contribution in [1.29, 1.82) is 0 Å². The Morgan fingerprint density at radius 1 is 0.451 bits per heavy atom. The molecule has 51 heavy (non-hydrogen) atoms. The van der Waals surface area contributed by atoms with Gasteiger partial charge in [-0.3, -0.25) is 0 Å². The smallest absolute Gasteiger partial charge is 0.145 e. The van der Waals surface area contributed by atoms with E-state index in [0.29, 0.717) is 0 Å². The van der Waals surface area contributed by atoms with E-state index in [2.05, 4.69) is 195 Å². The Balaban J connectivity index is 1.27. The van der Waals surface area contributed by atoms with Crippen LogP contribution in [0.1, 0.15) is 25.0 Å². The normalized spacial score (nSPS) is 13.1. The zero-order chi connectivity index (χ0) is 34.1. The lowest BCUT2D eigenvalue weighted by Gasteiger charge is -2.29. The summed E-state index contributed by atoms with van der Waals surface area (Å²) in [4.78, 5) is 2.44. The standard InChI is InChI=1S/C49H35NO/c1-49(2)42-22-11-9-19-39(42)40-29-28-37(31-43(40)49)50(36-26-24-33(25-27-36)32-14-5-3-6-15-32)44-30-35-18-13-21-38(34-16-7-4-8-17-34)46(35)48-47(44)41-20-10-12-23-45(41)51-48/h3-31H,1-2H3. The van der Waals surface area contributed by atoms with E-state index < -0.39 is 0 Å². The maximum Gasteiger partial charge on any atom is 0.145 e. The molecule has 8 aromatic carbocycles. The van der Waals surface area contributed by atoms with E-state index >= 15 is 0 Å². The molecule has 9 aromatic rings. The van der Waals surface area contributed by atoms with Crippen LogP contribution < -0.4 is 4.90 Å². The summed E-state index contributed by atoms with van der Waals surface area (Å²) in [7, 11) is 0. The second-order valence-corrected chi connectivity index (χ2v) is 14.1. The van der Waals surface area contributed by atoms with Crippen LogP contribution in [0, 0.1) is 0 Å². The van der Waals surface area contributed by atoms with Crippen LogP contribution in [0.25, 0.3) is 66.1 Å². The Bertz CT molecular complexity index is 2760. The molecule has 0 unspecified atom stereocenters. The molecule has 0 saturated heterocycles. The Hall–Kier alpha value is -6.38. The van der Waals surface area contributed by atoms with Crippen molar-refractivity contribution < 1.29 is 4.42 Å². The maximum absolute atomic E-state index is 6.89. The zero-order valence-corrected chi connectivity index (χ0v) is 28.6. The van der Waals surface area contributed by atoms with Gasteiger partial charge in [0.25, 0.3) is 0 Å². The highest BCUT2D eigenvalue weighted by Crippen LogP contribution is 2.52. The molecule has 242 valence electrons. The number of para-hydroxylation sites is 1. The fourth-order valence-electron chi connectivity index (χ4n) is 8.37. The van der Waals surface area contributed by atoms with Crippen molar-refractivity contribution in [3.05, 3.63) is 187 Å². The second-order valence-electron chi connectivity index (χ2n) is 14.1.